The van der Waals surface area contributed by atoms with Crippen molar-refractivity contribution < 1.29 is 4.79 Å². The van der Waals surface area contributed by atoms with Gasteiger partial charge in [0.05, 0.1) is 0 Å². The van der Waals surface area contributed by atoms with Gasteiger partial charge in [-0.05, 0) is 31.0 Å². The molecule has 1 rings (SSSR count). The Hall–Kier alpha value is -1.35. The smallest absolute Gasteiger partial charge is 0.225 e. The Labute approximate surface area is 104 Å². The molecule has 17 heavy (non-hydrogen) atoms. The fourth-order valence-electron chi connectivity index (χ4n) is 1.67. The zero-order chi connectivity index (χ0) is 12.5. The molecule has 0 radical (unpaired) electrons. The number of anilines is 1. The summed E-state index contributed by atoms with van der Waals surface area (Å²) in [6.45, 7) is 5.92. The highest BCUT2D eigenvalue weighted by atomic mass is 16.1. The summed E-state index contributed by atoms with van der Waals surface area (Å²) < 4.78 is 0. The number of amides is 1. The van der Waals surface area contributed by atoms with Crippen LogP contribution in [0.5, 0.6) is 0 Å². The summed E-state index contributed by atoms with van der Waals surface area (Å²) in [6, 6.07) is 7.95. The Bertz CT molecular complexity index is 350. The predicted molar refractivity (Wildman–Crippen MR) is 72.2 cm³/mol. The molecule has 0 aliphatic rings. The van der Waals surface area contributed by atoms with E-state index in [1.807, 2.05) is 24.3 Å². The molecule has 1 aromatic rings. The van der Waals surface area contributed by atoms with E-state index in [1.165, 1.54) is 5.56 Å². The van der Waals surface area contributed by atoms with E-state index in [0.29, 0.717) is 6.42 Å². The number of aryl methyl sites for hydroxylation is 1. The standard InChI is InChI=1S/C14H22N2O/c1-3-10-15-11-9-14(17)16-13-8-6-5-7-12(13)4-2/h5-8,15H,3-4,9-11H2,1-2H3,(H,16,17). The molecule has 0 saturated carbocycles. The molecule has 3 nitrogen and oxygen atoms in total. The fraction of sp³-hybridized carbons (Fsp3) is 0.500. The molecule has 0 aliphatic carbocycles. The van der Waals surface area contributed by atoms with Gasteiger partial charge in [0, 0.05) is 18.7 Å². The molecule has 1 aromatic carbocycles. The first-order valence-electron chi connectivity index (χ1n) is 6.36. The molecular weight excluding hydrogens is 212 g/mol. The van der Waals surface area contributed by atoms with Crippen LogP contribution in [0.1, 0.15) is 32.3 Å². The van der Waals surface area contributed by atoms with Crippen molar-refractivity contribution in [3.8, 4) is 0 Å². The first kappa shape index (κ1) is 13.7. The molecule has 0 saturated heterocycles. The molecule has 0 fully saturated rings. The molecule has 2 N–H and O–H groups in total. The molecule has 0 heterocycles. The van der Waals surface area contributed by atoms with E-state index < -0.39 is 0 Å². The van der Waals surface area contributed by atoms with E-state index in [-0.39, 0.29) is 5.91 Å². The lowest BCUT2D eigenvalue weighted by Gasteiger charge is -2.09. The van der Waals surface area contributed by atoms with Gasteiger partial charge in [-0.1, -0.05) is 32.0 Å². The SMILES string of the molecule is CCCNCCC(=O)Nc1ccccc1CC. The second-order valence-corrected chi connectivity index (χ2v) is 4.06. The van der Waals surface area contributed by atoms with Crippen LogP contribution in [0.4, 0.5) is 5.69 Å². The fourth-order valence-corrected chi connectivity index (χ4v) is 1.67. The van der Waals surface area contributed by atoms with Crippen LogP contribution in [-0.2, 0) is 11.2 Å². The van der Waals surface area contributed by atoms with Crippen LogP contribution in [0.25, 0.3) is 0 Å². The maximum atomic E-state index is 11.7. The van der Waals surface area contributed by atoms with Crippen LogP contribution in [0.15, 0.2) is 24.3 Å². The van der Waals surface area contributed by atoms with Crippen molar-refractivity contribution in [2.45, 2.75) is 33.1 Å². The third-order valence-corrected chi connectivity index (χ3v) is 2.63. The third kappa shape index (κ3) is 5.00. The van der Waals surface area contributed by atoms with Gasteiger partial charge in [-0.25, -0.2) is 0 Å². The van der Waals surface area contributed by atoms with Crippen molar-refractivity contribution in [2.75, 3.05) is 18.4 Å². The minimum absolute atomic E-state index is 0.0782. The first-order valence-corrected chi connectivity index (χ1v) is 6.36. The molecule has 0 unspecified atom stereocenters. The highest BCUT2D eigenvalue weighted by molar-refractivity contribution is 5.91. The molecule has 0 atom stereocenters. The summed E-state index contributed by atoms with van der Waals surface area (Å²) in [7, 11) is 0. The topological polar surface area (TPSA) is 41.1 Å². The predicted octanol–water partition coefficient (Wildman–Crippen LogP) is 2.58. The van der Waals surface area contributed by atoms with Gasteiger partial charge < -0.3 is 10.6 Å². The Kier molecular flexibility index (Phi) is 6.33. The maximum absolute atomic E-state index is 11.7. The van der Waals surface area contributed by atoms with Gasteiger partial charge in [-0.3, -0.25) is 4.79 Å². The zero-order valence-corrected chi connectivity index (χ0v) is 10.8. The van der Waals surface area contributed by atoms with Gasteiger partial charge in [0.25, 0.3) is 0 Å². The van der Waals surface area contributed by atoms with Crippen molar-refractivity contribution in [3.05, 3.63) is 29.8 Å². The average Bonchev–Trinajstić information content (AvgIpc) is 2.35. The summed E-state index contributed by atoms with van der Waals surface area (Å²) in [4.78, 5) is 11.7. The first-order chi connectivity index (χ1) is 8.27. The van der Waals surface area contributed by atoms with Crippen LogP contribution < -0.4 is 10.6 Å². The Balaban J connectivity index is 2.39. The van der Waals surface area contributed by atoms with Gasteiger partial charge in [-0.2, -0.15) is 0 Å². The number of para-hydroxylation sites is 1. The number of carbonyl (C=O) groups excluding carboxylic acids is 1. The van der Waals surface area contributed by atoms with Crippen LogP contribution in [-0.4, -0.2) is 19.0 Å². The Morgan fingerprint density at radius 1 is 1.18 bits per heavy atom. The monoisotopic (exact) mass is 234 g/mol. The summed E-state index contributed by atoms with van der Waals surface area (Å²) >= 11 is 0. The van der Waals surface area contributed by atoms with E-state index in [2.05, 4.69) is 24.5 Å². The largest absolute Gasteiger partial charge is 0.326 e. The average molecular weight is 234 g/mol. The van der Waals surface area contributed by atoms with Gasteiger partial charge in [0.2, 0.25) is 5.91 Å². The van der Waals surface area contributed by atoms with Gasteiger partial charge in [0.15, 0.2) is 0 Å². The molecule has 0 spiro atoms. The van der Waals surface area contributed by atoms with Crippen molar-refractivity contribution in [1.82, 2.24) is 5.32 Å². The van der Waals surface area contributed by atoms with Crippen molar-refractivity contribution in [3.63, 3.8) is 0 Å². The minimum atomic E-state index is 0.0782. The molecule has 0 bridgehead atoms. The number of carbonyl (C=O) groups is 1. The summed E-state index contributed by atoms with van der Waals surface area (Å²) in [5.74, 6) is 0.0782. The van der Waals surface area contributed by atoms with E-state index in [1.54, 1.807) is 0 Å². The number of rotatable bonds is 7. The third-order valence-electron chi connectivity index (χ3n) is 2.63. The van der Waals surface area contributed by atoms with Gasteiger partial charge >= 0.3 is 0 Å². The quantitative estimate of drug-likeness (QED) is 0.712. The Morgan fingerprint density at radius 3 is 2.65 bits per heavy atom. The molecule has 94 valence electrons. The van der Waals surface area contributed by atoms with E-state index >= 15 is 0 Å². The molecule has 0 aliphatic heterocycles. The normalized spacial score (nSPS) is 10.2. The second-order valence-electron chi connectivity index (χ2n) is 4.06. The number of hydrogen-bond acceptors (Lipinski definition) is 2. The highest BCUT2D eigenvalue weighted by Gasteiger charge is 2.04. The van der Waals surface area contributed by atoms with Crippen LogP contribution in [0.3, 0.4) is 0 Å². The molecular formula is C14H22N2O. The van der Waals surface area contributed by atoms with Gasteiger partial charge in [-0.15, -0.1) is 0 Å². The summed E-state index contributed by atoms with van der Waals surface area (Å²) in [5, 5.41) is 6.18. The Morgan fingerprint density at radius 2 is 1.94 bits per heavy atom. The molecule has 0 aromatic heterocycles. The van der Waals surface area contributed by atoms with Crippen molar-refractivity contribution in [1.29, 1.82) is 0 Å². The summed E-state index contributed by atoms with van der Waals surface area (Å²) in [5.41, 5.74) is 2.12. The number of nitrogens with one attached hydrogen (secondary N) is 2. The highest BCUT2D eigenvalue weighted by Crippen LogP contribution is 2.15. The molecule has 3 heteroatoms. The second kappa shape index (κ2) is 7.85. The number of benzene rings is 1. The van der Waals surface area contributed by atoms with Crippen molar-refractivity contribution >= 4 is 11.6 Å². The lowest BCUT2D eigenvalue weighted by atomic mass is 10.1. The van der Waals surface area contributed by atoms with Crippen LogP contribution >= 0.6 is 0 Å². The summed E-state index contributed by atoms with van der Waals surface area (Å²) in [6.07, 6.45) is 2.56. The maximum Gasteiger partial charge on any atom is 0.225 e. The zero-order valence-electron chi connectivity index (χ0n) is 10.8. The van der Waals surface area contributed by atoms with E-state index in [9.17, 15) is 4.79 Å². The number of hydrogen-bond donors (Lipinski definition) is 2. The van der Waals surface area contributed by atoms with Crippen LogP contribution in [0.2, 0.25) is 0 Å². The lowest BCUT2D eigenvalue weighted by Crippen LogP contribution is -2.22. The van der Waals surface area contributed by atoms with Crippen LogP contribution in [0, 0.1) is 0 Å². The van der Waals surface area contributed by atoms with Gasteiger partial charge in [0.1, 0.15) is 0 Å². The molecule has 1 amide bonds. The lowest BCUT2D eigenvalue weighted by molar-refractivity contribution is -0.116. The van der Waals surface area contributed by atoms with E-state index in [0.717, 1.165) is 31.6 Å². The van der Waals surface area contributed by atoms with Crippen molar-refractivity contribution in [2.24, 2.45) is 0 Å². The minimum Gasteiger partial charge on any atom is -0.326 e. The van der Waals surface area contributed by atoms with E-state index in [4.69, 9.17) is 0 Å².